The van der Waals surface area contributed by atoms with Gasteiger partial charge in [0.2, 0.25) is 0 Å². The van der Waals surface area contributed by atoms with E-state index >= 15 is 0 Å². The fraction of sp³-hybridized carbons (Fsp3) is 0.364. The molecule has 16 heavy (non-hydrogen) atoms. The van der Waals surface area contributed by atoms with Crippen molar-refractivity contribution in [3.63, 3.8) is 0 Å². The zero-order valence-electron chi connectivity index (χ0n) is 9.49. The lowest BCUT2D eigenvalue weighted by molar-refractivity contribution is 0.0892. The van der Waals surface area contributed by atoms with Gasteiger partial charge in [-0.15, -0.1) is 0 Å². The molecule has 1 aromatic rings. The summed E-state index contributed by atoms with van der Waals surface area (Å²) in [6.45, 7) is 2.58. The molecule has 0 spiro atoms. The predicted molar refractivity (Wildman–Crippen MR) is 70.3 cm³/mol. The highest BCUT2D eigenvalue weighted by Crippen LogP contribution is 2.28. The summed E-state index contributed by atoms with van der Waals surface area (Å²) in [6, 6.07) is 5.14. The molecule has 0 heterocycles. The fourth-order valence-electron chi connectivity index (χ4n) is 1.25. The Morgan fingerprint density at radius 1 is 1.31 bits per heavy atom. The average molecular weight is 335 g/mol. The van der Waals surface area contributed by atoms with Crippen LogP contribution in [0.3, 0.4) is 0 Å². The van der Waals surface area contributed by atoms with E-state index in [1.54, 1.807) is 35.5 Å². The number of halogens is 1. The van der Waals surface area contributed by atoms with Crippen molar-refractivity contribution in [1.29, 1.82) is 0 Å². The lowest BCUT2D eigenvalue weighted by atomic mass is 10.2. The molecule has 0 aliphatic carbocycles. The van der Waals surface area contributed by atoms with Gasteiger partial charge in [-0.05, 0) is 25.1 Å². The minimum Gasteiger partial charge on any atom is -0.493 e. The van der Waals surface area contributed by atoms with Gasteiger partial charge in [-0.1, -0.05) is 0 Å². The number of amides is 1. The second-order valence-corrected chi connectivity index (χ2v) is 4.22. The minimum absolute atomic E-state index is 0.0379. The molecule has 0 saturated carbocycles. The number of methoxy groups -OCH3 is 2. The number of nitrogens with zero attached hydrogens (tertiary/aromatic N) is 1. The molecule has 0 aliphatic heterocycles. The maximum atomic E-state index is 11.9. The number of rotatable bonds is 4. The lowest BCUT2D eigenvalue weighted by Crippen LogP contribution is -2.20. The highest BCUT2D eigenvalue weighted by atomic mass is 127. The number of carbonyl (C=O) groups is 1. The van der Waals surface area contributed by atoms with Crippen molar-refractivity contribution in [2.75, 3.05) is 20.8 Å². The Labute approximate surface area is 109 Å². The standard InChI is InChI=1S/C11H14INO3/c1-4-13(12)11(14)8-5-6-9(15-2)10(7-8)16-3/h5-7H,4H2,1-3H3. The summed E-state index contributed by atoms with van der Waals surface area (Å²) < 4.78 is 11.9. The Morgan fingerprint density at radius 2 is 1.94 bits per heavy atom. The van der Waals surface area contributed by atoms with Gasteiger partial charge in [0.25, 0.3) is 5.91 Å². The van der Waals surface area contributed by atoms with Crippen LogP contribution in [-0.2, 0) is 0 Å². The van der Waals surface area contributed by atoms with Gasteiger partial charge in [0, 0.05) is 12.1 Å². The van der Waals surface area contributed by atoms with Crippen LogP contribution in [-0.4, -0.2) is 29.8 Å². The Hall–Kier alpha value is -0.980. The first-order valence-corrected chi connectivity index (χ1v) is 5.80. The highest BCUT2D eigenvalue weighted by Gasteiger charge is 2.14. The maximum Gasteiger partial charge on any atom is 0.262 e. The summed E-state index contributed by atoms with van der Waals surface area (Å²) in [5.41, 5.74) is 0.592. The van der Waals surface area contributed by atoms with E-state index in [-0.39, 0.29) is 5.91 Å². The molecule has 0 bridgehead atoms. The van der Waals surface area contributed by atoms with E-state index in [4.69, 9.17) is 9.47 Å². The van der Waals surface area contributed by atoms with Crippen LogP contribution in [0.2, 0.25) is 0 Å². The summed E-state index contributed by atoms with van der Waals surface area (Å²) in [6.07, 6.45) is 0. The first-order valence-electron chi connectivity index (χ1n) is 4.83. The van der Waals surface area contributed by atoms with Crippen LogP contribution in [0, 0.1) is 0 Å². The molecule has 1 rings (SSSR count). The van der Waals surface area contributed by atoms with Crippen molar-refractivity contribution < 1.29 is 14.3 Å². The average Bonchev–Trinajstić information content (AvgIpc) is 2.35. The normalized spacial score (nSPS) is 9.75. The molecule has 0 unspecified atom stereocenters. The van der Waals surface area contributed by atoms with Crippen molar-refractivity contribution >= 4 is 28.8 Å². The number of hydrogen-bond acceptors (Lipinski definition) is 3. The van der Waals surface area contributed by atoms with Gasteiger partial charge < -0.3 is 9.47 Å². The molecule has 5 heteroatoms. The van der Waals surface area contributed by atoms with Crippen molar-refractivity contribution in [1.82, 2.24) is 3.11 Å². The monoisotopic (exact) mass is 335 g/mol. The van der Waals surface area contributed by atoms with Crippen LogP contribution >= 0.6 is 22.9 Å². The molecule has 0 aromatic heterocycles. The van der Waals surface area contributed by atoms with Crippen LogP contribution in [0.4, 0.5) is 0 Å². The van der Waals surface area contributed by atoms with E-state index in [2.05, 4.69) is 0 Å². The third-order valence-corrected chi connectivity index (χ3v) is 3.25. The van der Waals surface area contributed by atoms with E-state index < -0.39 is 0 Å². The smallest absolute Gasteiger partial charge is 0.262 e. The third kappa shape index (κ3) is 2.78. The molecule has 0 atom stereocenters. The zero-order chi connectivity index (χ0) is 12.1. The topological polar surface area (TPSA) is 38.8 Å². The minimum atomic E-state index is -0.0379. The molecule has 1 aromatic carbocycles. The van der Waals surface area contributed by atoms with Gasteiger partial charge in [0.05, 0.1) is 37.1 Å². The second-order valence-electron chi connectivity index (χ2n) is 3.05. The summed E-state index contributed by atoms with van der Waals surface area (Å²) in [7, 11) is 3.11. The SMILES string of the molecule is CCN(I)C(=O)c1ccc(OC)c(OC)c1. The Morgan fingerprint density at radius 3 is 2.44 bits per heavy atom. The first kappa shape index (κ1) is 13.1. The fourth-order valence-corrected chi connectivity index (χ4v) is 1.53. The molecule has 0 radical (unpaired) electrons. The third-order valence-electron chi connectivity index (χ3n) is 2.13. The number of carbonyl (C=O) groups excluding carboxylic acids is 1. The Balaban J connectivity index is 3.03. The van der Waals surface area contributed by atoms with Gasteiger partial charge >= 0.3 is 0 Å². The predicted octanol–water partition coefficient (Wildman–Crippen LogP) is 2.52. The van der Waals surface area contributed by atoms with Crippen LogP contribution in [0.25, 0.3) is 0 Å². The van der Waals surface area contributed by atoms with Gasteiger partial charge in [-0.2, -0.15) is 0 Å². The first-order chi connectivity index (χ1) is 7.63. The number of ether oxygens (including phenoxy) is 2. The second kappa shape index (κ2) is 5.93. The summed E-state index contributed by atoms with van der Waals surface area (Å²) in [5, 5.41) is 0. The highest BCUT2D eigenvalue weighted by molar-refractivity contribution is 14.1. The molecular formula is C11H14INO3. The molecule has 4 nitrogen and oxygen atoms in total. The summed E-state index contributed by atoms with van der Waals surface area (Å²) in [4.78, 5) is 11.9. The molecule has 0 aliphatic rings. The summed E-state index contributed by atoms with van der Waals surface area (Å²) in [5.74, 6) is 1.15. The van der Waals surface area contributed by atoms with Gasteiger partial charge in [-0.3, -0.25) is 7.91 Å². The molecule has 88 valence electrons. The van der Waals surface area contributed by atoms with Gasteiger partial charge in [0.1, 0.15) is 0 Å². The number of hydrogen-bond donors (Lipinski definition) is 0. The molecular weight excluding hydrogens is 321 g/mol. The van der Waals surface area contributed by atoms with Crippen molar-refractivity contribution in [3.8, 4) is 11.5 Å². The van der Waals surface area contributed by atoms with Crippen molar-refractivity contribution in [2.24, 2.45) is 0 Å². The zero-order valence-corrected chi connectivity index (χ0v) is 11.6. The summed E-state index contributed by atoms with van der Waals surface area (Å²) >= 11 is 1.99. The Bertz CT molecular complexity index is 381. The number of benzene rings is 1. The quantitative estimate of drug-likeness (QED) is 0.627. The molecule has 0 fully saturated rings. The molecule has 1 amide bonds. The maximum absolute atomic E-state index is 11.9. The van der Waals surface area contributed by atoms with Crippen molar-refractivity contribution in [2.45, 2.75) is 6.92 Å². The van der Waals surface area contributed by atoms with Crippen LogP contribution in [0.1, 0.15) is 17.3 Å². The van der Waals surface area contributed by atoms with E-state index in [1.165, 1.54) is 0 Å². The van der Waals surface area contributed by atoms with E-state index in [9.17, 15) is 4.79 Å². The largest absolute Gasteiger partial charge is 0.493 e. The lowest BCUT2D eigenvalue weighted by Gasteiger charge is -2.13. The van der Waals surface area contributed by atoms with E-state index in [0.29, 0.717) is 23.6 Å². The van der Waals surface area contributed by atoms with E-state index in [1.807, 2.05) is 29.8 Å². The molecule has 0 N–H and O–H groups in total. The molecule has 0 saturated heterocycles. The van der Waals surface area contributed by atoms with Crippen LogP contribution in [0.15, 0.2) is 18.2 Å². The van der Waals surface area contributed by atoms with Gasteiger partial charge in [0.15, 0.2) is 11.5 Å². The van der Waals surface area contributed by atoms with Crippen LogP contribution < -0.4 is 9.47 Å². The Kier molecular flexibility index (Phi) is 4.85. The van der Waals surface area contributed by atoms with Gasteiger partial charge in [-0.25, -0.2) is 0 Å². The van der Waals surface area contributed by atoms with E-state index in [0.717, 1.165) is 0 Å². The van der Waals surface area contributed by atoms with Crippen LogP contribution in [0.5, 0.6) is 11.5 Å². The van der Waals surface area contributed by atoms with Crippen molar-refractivity contribution in [3.05, 3.63) is 23.8 Å².